The third-order valence-electron chi connectivity index (χ3n) is 1.25. The van der Waals surface area contributed by atoms with Crippen molar-refractivity contribution in [1.82, 2.24) is 0 Å². The molecule has 0 aliphatic carbocycles. The van der Waals surface area contributed by atoms with Crippen molar-refractivity contribution >= 4 is 32.5 Å². The molecule has 0 spiro atoms. The van der Waals surface area contributed by atoms with E-state index in [9.17, 15) is 0 Å². The Morgan fingerprint density at radius 1 is 1.64 bits per heavy atom. The minimum atomic E-state index is 0.469. The summed E-state index contributed by atoms with van der Waals surface area (Å²) in [5, 5.41) is 0. The van der Waals surface area contributed by atoms with Crippen LogP contribution in [0.1, 0.15) is 20.3 Å². The minimum absolute atomic E-state index is 0.469. The summed E-state index contributed by atoms with van der Waals surface area (Å²) in [6, 6.07) is 0. The molecule has 0 N–H and O–H groups in total. The quantitative estimate of drug-likeness (QED) is 0.552. The Morgan fingerprint density at radius 3 is 2.73 bits per heavy atom. The van der Waals surface area contributed by atoms with Gasteiger partial charge in [0.25, 0.3) is 0 Å². The molecule has 0 saturated carbocycles. The molecule has 1 unspecified atom stereocenters. The van der Waals surface area contributed by atoms with Crippen LogP contribution in [0.3, 0.4) is 0 Å². The standard InChI is InChI=1S/C8H15IN2/c1-4-8(9)11-6-7(2)5-10-3/h5,7H,4,6H2,1-3H3. The molecule has 0 heterocycles. The largest absolute Gasteiger partial charge is 0.301 e. The first kappa shape index (κ1) is 11.1. The highest BCUT2D eigenvalue weighted by Gasteiger charge is 1.95. The summed E-state index contributed by atoms with van der Waals surface area (Å²) in [6.45, 7) is 5.10. The van der Waals surface area contributed by atoms with Gasteiger partial charge >= 0.3 is 0 Å². The molecule has 0 aromatic heterocycles. The molecule has 64 valence electrons. The van der Waals surface area contributed by atoms with Crippen molar-refractivity contribution in [2.45, 2.75) is 20.3 Å². The van der Waals surface area contributed by atoms with E-state index in [1.165, 1.54) is 3.72 Å². The fourth-order valence-corrected chi connectivity index (χ4v) is 0.853. The first-order valence-corrected chi connectivity index (χ1v) is 4.89. The molecule has 0 aromatic carbocycles. The first-order chi connectivity index (χ1) is 5.20. The number of hydrogen-bond donors (Lipinski definition) is 0. The second kappa shape index (κ2) is 6.76. The van der Waals surface area contributed by atoms with Gasteiger partial charge in [0, 0.05) is 25.7 Å². The van der Waals surface area contributed by atoms with Crippen LogP contribution in [0.15, 0.2) is 9.98 Å². The highest BCUT2D eigenvalue weighted by atomic mass is 127. The second-order valence-corrected chi connectivity index (χ2v) is 3.70. The van der Waals surface area contributed by atoms with Gasteiger partial charge in [-0.3, -0.25) is 4.99 Å². The van der Waals surface area contributed by atoms with Gasteiger partial charge in [-0.25, -0.2) is 0 Å². The lowest BCUT2D eigenvalue weighted by molar-refractivity contribution is 0.799. The van der Waals surface area contributed by atoms with Crippen molar-refractivity contribution in [3.05, 3.63) is 0 Å². The average Bonchev–Trinajstić information content (AvgIpc) is 2.01. The molecule has 0 fully saturated rings. The monoisotopic (exact) mass is 266 g/mol. The van der Waals surface area contributed by atoms with Gasteiger partial charge in [0.1, 0.15) is 0 Å². The topological polar surface area (TPSA) is 24.7 Å². The van der Waals surface area contributed by atoms with E-state index in [4.69, 9.17) is 0 Å². The van der Waals surface area contributed by atoms with E-state index < -0.39 is 0 Å². The molecule has 11 heavy (non-hydrogen) atoms. The third-order valence-corrected chi connectivity index (χ3v) is 2.35. The summed E-state index contributed by atoms with van der Waals surface area (Å²) >= 11 is 2.27. The maximum absolute atomic E-state index is 4.37. The fourth-order valence-electron chi connectivity index (χ4n) is 0.656. The Kier molecular flexibility index (Phi) is 6.80. The molecule has 1 atom stereocenters. The SMILES string of the molecule is CCC(I)=NCC(C)C=NC. The highest BCUT2D eigenvalue weighted by molar-refractivity contribution is 14.1. The van der Waals surface area contributed by atoms with E-state index in [0.717, 1.165) is 13.0 Å². The highest BCUT2D eigenvalue weighted by Crippen LogP contribution is 1.99. The fraction of sp³-hybridized carbons (Fsp3) is 0.750. The van der Waals surface area contributed by atoms with Crippen LogP contribution in [0.5, 0.6) is 0 Å². The van der Waals surface area contributed by atoms with Gasteiger partial charge in [0.05, 0.1) is 3.72 Å². The van der Waals surface area contributed by atoms with Crippen LogP contribution >= 0.6 is 22.6 Å². The van der Waals surface area contributed by atoms with Gasteiger partial charge in [-0.2, -0.15) is 0 Å². The molecule has 3 heteroatoms. The van der Waals surface area contributed by atoms with Crippen molar-refractivity contribution in [3.63, 3.8) is 0 Å². The molecule has 0 aromatic rings. The van der Waals surface area contributed by atoms with E-state index in [1.807, 2.05) is 6.21 Å². The molecular formula is C8H15IN2. The number of nitrogens with zero attached hydrogens (tertiary/aromatic N) is 2. The van der Waals surface area contributed by atoms with Crippen LogP contribution in [-0.4, -0.2) is 23.5 Å². The van der Waals surface area contributed by atoms with E-state index in [2.05, 4.69) is 46.4 Å². The summed E-state index contributed by atoms with van der Waals surface area (Å²) in [5.41, 5.74) is 0. The van der Waals surface area contributed by atoms with Crippen molar-refractivity contribution in [2.75, 3.05) is 13.6 Å². The molecule has 0 amide bonds. The van der Waals surface area contributed by atoms with E-state index in [0.29, 0.717) is 5.92 Å². The van der Waals surface area contributed by atoms with E-state index in [-0.39, 0.29) is 0 Å². The summed E-state index contributed by atoms with van der Waals surface area (Å²) in [5.74, 6) is 0.469. The Hall–Kier alpha value is 0.0700. The maximum Gasteiger partial charge on any atom is 0.0726 e. The molecule has 0 rings (SSSR count). The van der Waals surface area contributed by atoms with Crippen LogP contribution in [0.2, 0.25) is 0 Å². The van der Waals surface area contributed by atoms with Gasteiger partial charge in [0.2, 0.25) is 0 Å². The van der Waals surface area contributed by atoms with Gasteiger partial charge in [-0.1, -0.05) is 13.8 Å². The third kappa shape index (κ3) is 6.47. The Labute approximate surface area is 82.3 Å². The van der Waals surface area contributed by atoms with Gasteiger partial charge < -0.3 is 4.99 Å². The minimum Gasteiger partial charge on any atom is -0.301 e. The van der Waals surface area contributed by atoms with Crippen LogP contribution in [-0.2, 0) is 0 Å². The zero-order valence-corrected chi connectivity index (χ0v) is 9.50. The summed E-state index contributed by atoms with van der Waals surface area (Å²) < 4.78 is 1.19. The predicted octanol–water partition coefficient (Wildman–Crippen LogP) is 2.57. The lowest BCUT2D eigenvalue weighted by atomic mass is 10.2. The summed E-state index contributed by atoms with van der Waals surface area (Å²) in [6.07, 6.45) is 2.97. The zero-order valence-electron chi connectivity index (χ0n) is 7.34. The maximum atomic E-state index is 4.37. The smallest absolute Gasteiger partial charge is 0.0726 e. The number of hydrogen-bond acceptors (Lipinski definition) is 2. The summed E-state index contributed by atoms with van der Waals surface area (Å²) in [7, 11) is 1.80. The summed E-state index contributed by atoms with van der Waals surface area (Å²) in [4.78, 5) is 8.32. The van der Waals surface area contributed by atoms with Crippen molar-refractivity contribution < 1.29 is 0 Å². The Balaban J connectivity index is 3.68. The van der Waals surface area contributed by atoms with Crippen molar-refractivity contribution in [2.24, 2.45) is 15.9 Å². The van der Waals surface area contributed by atoms with Gasteiger partial charge in [-0.15, -0.1) is 0 Å². The normalized spacial score (nSPS) is 15.8. The number of aliphatic imine (C=N–C) groups is 2. The average molecular weight is 266 g/mol. The molecule has 0 radical (unpaired) electrons. The predicted molar refractivity (Wildman–Crippen MR) is 60.2 cm³/mol. The van der Waals surface area contributed by atoms with E-state index >= 15 is 0 Å². The van der Waals surface area contributed by atoms with Crippen molar-refractivity contribution in [3.8, 4) is 0 Å². The molecule has 0 aliphatic heterocycles. The van der Waals surface area contributed by atoms with Crippen LogP contribution in [0.4, 0.5) is 0 Å². The molecular weight excluding hydrogens is 251 g/mol. The molecule has 0 bridgehead atoms. The van der Waals surface area contributed by atoms with Gasteiger partial charge in [-0.05, 0) is 29.0 Å². The molecule has 0 saturated heterocycles. The first-order valence-electron chi connectivity index (χ1n) is 3.81. The lowest BCUT2D eigenvalue weighted by Crippen LogP contribution is -2.01. The number of rotatable bonds is 4. The van der Waals surface area contributed by atoms with Gasteiger partial charge in [0.15, 0.2) is 0 Å². The Bertz CT molecular complexity index is 152. The molecule has 0 aliphatic rings. The molecule has 2 nitrogen and oxygen atoms in total. The van der Waals surface area contributed by atoms with Crippen LogP contribution in [0, 0.1) is 5.92 Å². The van der Waals surface area contributed by atoms with E-state index in [1.54, 1.807) is 7.05 Å². The Morgan fingerprint density at radius 2 is 2.27 bits per heavy atom. The number of halogens is 1. The van der Waals surface area contributed by atoms with Crippen LogP contribution < -0.4 is 0 Å². The van der Waals surface area contributed by atoms with Crippen LogP contribution in [0.25, 0.3) is 0 Å². The zero-order chi connectivity index (χ0) is 8.69. The lowest BCUT2D eigenvalue weighted by Gasteiger charge is -1.99. The second-order valence-electron chi connectivity index (χ2n) is 2.46. The van der Waals surface area contributed by atoms with Crippen molar-refractivity contribution in [1.29, 1.82) is 0 Å².